The third kappa shape index (κ3) is 3.25. The Morgan fingerprint density at radius 2 is 2.22 bits per heavy atom. The Hall–Kier alpha value is -1.03. The maximum Gasteiger partial charge on any atom is 0.122 e. The largest absolute Gasteiger partial charge is 0.384 e. The topological polar surface area (TPSA) is 53.1 Å². The van der Waals surface area contributed by atoms with E-state index in [1.54, 1.807) is 0 Å². The average molecular weight is 310 g/mol. The number of nitrogens with zero attached hydrogens (tertiary/aromatic N) is 1. The summed E-state index contributed by atoms with van der Waals surface area (Å²) >= 11 is 3.60. The number of nitrogen functional groups attached to an aromatic ring is 1. The first-order chi connectivity index (χ1) is 8.61. The highest BCUT2D eigenvalue weighted by Gasteiger charge is 2.24. The van der Waals surface area contributed by atoms with E-state index in [1.807, 2.05) is 12.1 Å². The van der Waals surface area contributed by atoms with Crippen molar-refractivity contribution in [2.24, 2.45) is 11.7 Å². The SMILES string of the molecule is CCCN(CC1CC1)c1ccc(C(=N)N)cc1Br. The molecule has 0 spiro atoms. The summed E-state index contributed by atoms with van der Waals surface area (Å²) in [5.74, 6) is 0.988. The summed E-state index contributed by atoms with van der Waals surface area (Å²) in [4.78, 5) is 2.44. The van der Waals surface area contributed by atoms with Crippen LogP contribution >= 0.6 is 15.9 Å². The maximum atomic E-state index is 7.46. The quantitative estimate of drug-likeness (QED) is 0.625. The fourth-order valence-electron chi connectivity index (χ4n) is 2.12. The summed E-state index contributed by atoms with van der Waals surface area (Å²) in [7, 11) is 0. The second-order valence-electron chi connectivity index (χ2n) is 4.97. The van der Waals surface area contributed by atoms with Crippen LogP contribution in [0.4, 0.5) is 5.69 Å². The minimum Gasteiger partial charge on any atom is -0.384 e. The van der Waals surface area contributed by atoms with E-state index in [1.165, 1.54) is 18.5 Å². The minimum absolute atomic E-state index is 0.117. The molecular formula is C14H20BrN3. The summed E-state index contributed by atoms with van der Waals surface area (Å²) in [6.07, 6.45) is 3.88. The van der Waals surface area contributed by atoms with Gasteiger partial charge in [0.1, 0.15) is 5.84 Å². The van der Waals surface area contributed by atoms with Crippen LogP contribution in [0, 0.1) is 11.3 Å². The van der Waals surface area contributed by atoms with Gasteiger partial charge in [0.25, 0.3) is 0 Å². The molecule has 0 radical (unpaired) electrons. The second kappa shape index (κ2) is 5.74. The summed E-state index contributed by atoms with van der Waals surface area (Å²) < 4.78 is 1.03. The summed E-state index contributed by atoms with van der Waals surface area (Å²) in [5, 5.41) is 7.46. The Labute approximate surface area is 117 Å². The monoisotopic (exact) mass is 309 g/mol. The smallest absolute Gasteiger partial charge is 0.122 e. The molecule has 0 aliphatic heterocycles. The second-order valence-corrected chi connectivity index (χ2v) is 5.82. The van der Waals surface area contributed by atoms with Gasteiger partial charge in [0, 0.05) is 23.1 Å². The first-order valence-corrected chi connectivity index (χ1v) is 7.30. The molecule has 0 saturated heterocycles. The number of anilines is 1. The van der Waals surface area contributed by atoms with Crippen molar-refractivity contribution in [3.8, 4) is 0 Å². The van der Waals surface area contributed by atoms with Gasteiger partial charge in [-0.2, -0.15) is 0 Å². The number of benzene rings is 1. The average Bonchev–Trinajstić information content (AvgIpc) is 3.12. The standard InChI is InChI=1S/C14H20BrN3/c1-2-7-18(9-10-3-4-10)13-6-5-11(14(16)17)8-12(13)15/h5-6,8,10H,2-4,7,9H2,1H3,(H3,16,17). The molecule has 0 bridgehead atoms. The number of rotatable bonds is 6. The van der Waals surface area contributed by atoms with Crippen LogP contribution in [-0.4, -0.2) is 18.9 Å². The zero-order valence-corrected chi connectivity index (χ0v) is 12.3. The van der Waals surface area contributed by atoms with E-state index in [0.717, 1.165) is 35.5 Å². The van der Waals surface area contributed by atoms with Crippen LogP contribution in [0.15, 0.2) is 22.7 Å². The zero-order chi connectivity index (χ0) is 13.1. The Balaban J connectivity index is 2.20. The van der Waals surface area contributed by atoms with Gasteiger partial charge in [-0.1, -0.05) is 6.92 Å². The Kier molecular flexibility index (Phi) is 4.27. The lowest BCUT2D eigenvalue weighted by Crippen LogP contribution is -2.27. The van der Waals surface area contributed by atoms with Crippen molar-refractivity contribution >= 4 is 27.5 Å². The van der Waals surface area contributed by atoms with Gasteiger partial charge >= 0.3 is 0 Å². The number of nitrogens with two attached hydrogens (primary N) is 1. The van der Waals surface area contributed by atoms with Crippen LogP contribution in [0.5, 0.6) is 0 Å². The molecule has 1 fully saturated rings. The predicted molar refractivity (Wildman–Crippen MR) is 80.4 cm³/mol. The van der Waals surface area contributed by atoms with Gasteiger partial charge in [0.15, 0.2) is 0 Å². The van der Waals surface area contributed by atoms with E-state index in [-0.39, 0.29) is 5.84 Å². The molecule has 98 valence electrons. The zero-order valence-electron chi connectivity index (χ0n) is 10.7. The lowest BCUT2D eigenvalue weighted by Gasteiger charge is -2.25. The molecule has 3 nitrogen and oxygen atoms in total. The summed E-state index contributed by atoms with van der Waals surface area (Å²) in [5.41, 5.74) is 7.50. The molecule has 3 N–H and O–H groups in total. The fraction of sp³-hybridized carbons (Fsp3) is 0.500. The van der Waals surface area contributed by atoms with Gasteiger partial charge in [-0.3, -0.25) is 5.41 Å². The molecule has 0 aromatic heterocycles. The van der Waals surface area contributed by atoms with Crippen LogP contribution in [0.2, 0.25) is 0 Å². The van der Waals surface area contributed by atoms with Gasteiger partial charge in [-0.15, -0.1) is 0 Å². The first kappa shape index (κ1) is 13.4. The molecule has 1 saturated carbocycles. The molecule has 0 amide bonds. The fourth-order valence-corrected chi connectivity index (χ4v) is 2.75. The Morgan fingerprint density at radius 1 is 1.50 bits per heavy atom. The molecule has 0 unspecified atom stereocenters. The maximum absolute atomic E-state index is 7.46. The van der Waals surface area contributed by atoms with E-state index in [2.05, 4.69) is 33.8 Å². The Morgan fingerprint density at radius 3 is 2.72 bits per heavy atom. The third-order valence-electron chi connectivity index (χ3n) is 3.27. The normalized spacial score (nSPS) is 14.6. The van der Waals surface area contributed by atoms with Crippen LogP contribution in [0.3, 0.4) is 0 Å². The van der Waals surface area contributed by atoms with Crippen LogP contribution < -0.4 is 10.6 Å². The van der Waals surface area contributed by atoms with Crippen LogP contribution in [-0.2, 0) is 0 Å². The van der Waals surface area contributed by atoms with E-state index < -0.39 is 0 Å². The van der Waals surface area contributed by atoms with Crippen molar-refractivity contribution in [2.45, 2.75) is 26.2 Å². The highest BCUT2D eigenvalue weighted by Crippen LogP contribution is 2.34. The van der Waals surface area contributed by atoms with Crippen molar-refractivity contribution in [3.63, 3.8) is 0 Å². The molecule has 2 rings (SSSR count). The molecule has 1 aromatic carbocycles. The molecule has 4 heteroatoms. The highest BCUT2D eigenvalue weighted by molar-refractivity contribution is 9.10. The first-order valence-electron chi connectivity index (χ1n) is 6.50. The van der Waals surface area contributed by atoms with E-state index in [0.29, 0.717) is 0 Å². The van der Waals surface area contributed by atoms with Crippen molar-refractivity contribution in [1.82, 2.24) is 0 Å². The van der Waals surface area contributed by atoms with Crippen molar-refractivity contribution in [2.75, 3.05) is 18.0 Å². The summed E-state index contributed by atoms with van der Waals surface area (Å²) in [6.45, 7) is 4.43. The van der Waals surface area contributed by atoms with Gasteiger partial charge < -0.3 is 10.6 Å². The van der Waals surface area contributed by atoms with Gasteiger partial charge in [-0.25, -0.2) is 0 Å². The van der Waals surface area contributed by atoms with E-state index in [4.69, 9.17) is 11.1 Å². The van der Waals surface area contributed by atoms with Crippen molar-refractivity contribution < 1.29 is 0 Å². The van der Waals surface area contributed by atoms with Gasteiger partial charge in [-0.05, 0) is 59.3 Å². The van der Waals surface area contributed by atoms with E-state index in [9.17, 15) is 0 Å². The number of hydrogen-bond acceptors (Lipinski definition) is 2. The predicted octanol–water partition coefficient (Wildman–Crippen LogP) is 3.36. The van der Waals surface area contributed by atoms with Gasteiger partial charge in [0.05, 0.1) is 5.69 Å². The molecule has 0 atom stereocenters. The number of amidine groups is 1. The molecule has 18 heavy (non-hydrogen) atoms. The molecular weight excluding hydrogens is 290 g/mol. The number of nitrogens with one attached hydrogen (secondary N) is 1. The molecule has 1 aromatic rings. The van der Waals surface area contributed by atoms with Crippen molar-refractivity contribution in [3.05, 3.63) is 28.2 Å². The minimum atomic E-state index is 0.117. The van der Waals surface area contributed by atoms with Gasteiger partial charge in [0.2, 0.25) is 0 Å². The molecule has 1 aliphatic rings. The lowest BCUT2D eigenvalue weighted by atomic mass is 10.1. The Bertz CT molecular complexity index is 441. The lowest BCUT2D eigenvalue weighted by molar-refractivity contribution is 0.707. The van der Waals surface area contributed by atoms with E-state index >= 15 is 0 Å². The molecule has 1 aliphatic carbocycles. The highest BCUT2D eigenvalue weighted by atomic mass is 79.9. The third-order valence-corrected chi connectivity index (χ3v) is 3.90. The van der Waals surface area contributed by atoms with Crippen LogP contribution in [0.1, 0.15) is 31.7 Å². The number of hydrogen-bond donors (Lipinski definition) is 2. The molecule has 0 heterocycles. The van der Waals surface area contributed by atoms with Crippen molar-refractivity contribution in [1.29, 1.82) is 5.41 Å². The summed E-state index contributed by atoms with van der Waals surface area (Å²) in [6, 6.07) is 5.93. The van der Waals surface area contributed by atoms with Crippen LogP contribution in [0.25, 0.3) is 0 Å². The number of halogens is 1.